The highest BCUT2D eigenvalue weighted by Gasteiger charge is 2.25. The molecule has 2 atom stereocenters. The molecule has 1 fully saturated rings. The molecule has 1 N–H and O–H groups in total. The Morgan fingerprint density at radius 2 is 1.89 bits per heavy atom. The summed E-state index contributed by atoms with van der Waals surface area (Å²) >= 11 is 12.0. The van der Waals surface area contributed by atoms with Crippen LogP contribution in [0.1, 0.15) is 20.3 Å². The van der Waals surface area contributed by atoms with Crippen LogP contribution >= 0.6 is 23.2 Å². The fourth-order valence-corrected chi connectivity index (χ4v) is 2.95. The van der Waals surface area contributed by atoms with E-state index in [1.54, 1.807) is 18.2 Å². The lowest BCUT2D eigenvalue weighted by atomic mass is 9.92. The molecule has 5 heteroatoms. The van der Waals surface area contributed by atoms with Crippen LogP contribution in [0.4, 0.5) is 10.5 Å². The number of halogens is 2. The van der Waals surface area contributed by atoms with E-state index in [0.29, 0.717) is 27.6 Å². The first kappa shape index (κ1) is 14.5. The van der Waals surface area contributed by atoms with E-state index in [-0.39, 0.29) is 6.03 Å². The van der Waals surface area contributed by atoms with Gasteiger partial charge in [0.25, 0.3) is 0 Å². The second-order valence-corrected chi connectivity index (χ2v) is 6.25. The normalized spacial score (nSPS) is 23.3. The molecule has 2 rings (SSSR count). The van der Waals surface area contributed by atoms with Gasteiger partial charge in [0.15, 0.2) is 0 Å². The van der Waals surface area contributed by atoms with Crippen molar-refractivity contribution in [3.63, 3.8) is 0 Å². The van der Waals surface area contributed by atoms with Gasteiger partial charge >= 0.3 is 6.03 Å². The molecule has 2 amide bonds. The Morgan fingerprint density at radius 3 is 2.53 bits per heavy atom. The van der Waals surface area contributed by atoms with E-state index >= 15 is 0 Å². The second-order valence-electron chi connectivity index (χ2n) is 5.41. The maximum absolute atomic E-state index is 12.2. The van der Waals surface area contributed by atoms with Gasteiger partial charge in [0.2, 0.25) is 0 Å². The number of anilines is 1. The molecule has 0 aliphatic carbocycles. The van der Waals surface area contributed by atoms with Gasteiger partial charge in [0.1, 0.15) is 0 Å². The molecule has 0 saturated carbocycles. The Hall–Kier alpha value is -0.930. The summed E-state index contributed by atoms with van der Waals surface area (Å²) in [4.78, 5) is 14.1. The lowest BCUT2D eigenvalue weighted by molar-refractivity contribution is 0.156. The van der Waals surface area contributed by atoms with Crippen molar-refractivity contribution < 1.29 is 4.79 Å². The highest BCUT2D eigenvalue weighted by atomic mass is 35.5. The van der Waals surface area contributed by atoms with Crippen molar-refractivity contribution in [1.82, 2.24) is 4.90 Å². The van der Waals surface area contributed by atoms with E-state index in [2.05, 4.69) is 19.2 Å². The number of carbonyl (C=O) groups is 1. The van der Waals surface area contributed by atoms with Crippen LogP contribution in [0.15, 0.2) is 18.2 Å². The molecule has 1 saturated heterocycles. The molecular weight excluding hydrogens is 283 g/mol. The van der Waals surface area contributed by atoms with Crippen LogP contribution in [0.2, 0.25) is 10.0 Å². The highest BCUT2D eigenvalue weighted by molar-refractivity contribution is 6.35. The summed E-state index contributed by atoms with van der Waals surface area (Å²) in [5.74, 6) is 1.06. The zero-order chi connectivity index (χ0) is 14.0. The van der Waals surface area contributed by atoms with Gasteiger partial charge in [-0.1, -0.05) is 37.0 Å². The summed E-state index contributed by atoms with van der Waals surface area (Å²) in [5, 5.41) is 3.88. The average Bonchev–Trinajstić information content (AvgIpc) is 2.32. The van der Waals surface area contributed by atoms with Crippen LogP contribution in [-0.4, -0.2) is 24.0 Å². The Bertz CT molecular complexity index is 469. The summed E-state index contributed by atoms with van der Waals surface area (Å²) in [6, 6.07) is 4.94. The number of carbonyl (C=O) groups excluding carboxylic acids is 1. The van der Waals surface area contributed by atoms with Crippen molar-refractivity contribution in [1.29, 1.82) is 0 Å². The SMILES string of the molecule is C[C@H]1C[C@H](C)CN(C(=O)Nc2cc(Cl)ccc2Cl)C1. The Kier molecular flexibility index (Phi) is 4.58. The third-order valence-electron chi connectivity index (χ3n) is 3.33. The monoisotopic (exact) mass is 300 g/mol. The molecule has 1 heterocycles. The van der Waals surface area contributed by atoms with Gasteiger partial charge in [-0.05, 0) is 36.5 Å². The molecule has 1 aliphatic rings. The molecule has 104 valence electrons. The minimum Gasteiger partial charge on any atom is -0.324 e. The largest absolute Gasteiger partial charge is 0.324 e. The Labute approximate surface area is 123 Å². The number of piperidine rings is 1. The third-order valence-corrected chi connectivity index (χ3v) is 3.89. The minimum absolute atomic E-state index is 0.109. The number of benzene rings is 1. The number of amides is 2. The van der Waals surface area contributed by atoms with Crippen molar-refractivity contribution in [2.75, 3.05) is 18.4 Å². The maximum atomic E-state index is 12.2. The summed E-state index contributed by atoms with van der Waals surface area (Å²) < 4.78 is 0. The van der Waals surface area contributed by atoms with Crippen LogP contribution in [0, 0.1) is 11.8 Å². The predicted molar refractivity (Wildman–Crippen MR) is 80.0 cm³/mol. The van der Waals surface area contributed by atoms with Gasteiger partial charge < -0.3 is 10.2 Å². The van der Waals surface area contributed by atoms with Crippen molar-refractivity contribution in [2.45, 2.75) is 20.3 Å². The van der Waals surface area contributed by atoms with Gasteiger partial charge in [-0.15, -0.1) is 0 Å². The van der Waals surface area contributed by atoms with Gasteiger partial charge in [-0.2, -0.15) is 0 Å². The first-order chi connectivity index (χ1) is 8.95. The third kappa shape index (κ3) is 3.77. The van der Waals surface area contributed by atoms with Crippen LogP contribution in [0.25, 0.3) is 0 Å². The number of nitrogens with zero attached hydrogens (tertiary/aromatic N) is 1. The van der Waals surface area contributed by atoms with Crippen LogP contribution in [0.3, 0.4) is 0 Å². The smallest absolute Gasteiger partial charge is 0.321 e. The van der Waals surface area contributed by atoms with Gasteiger partial charge in [-0.25, -0.2) is 4.79 Å². The number of urea groups is 1. The van der Waals surface area contributed by atoms with Gasteiger partial charge in [0, 0.05) is 18.1 Å². The number of rotatable bonds is 1. The molecule has 0 aromatic heterocycles. The van der Waals surface area contributed by atoms with E-state index in [0.717, 1.165) is 13.1 Å². The molecule has 0 unspecified atom stereocenters. The first-order valence-corrected chi connectivity index (χ1v) is 7.22. The molecule has 3 nitrogen and oxygen atoms in total. The minimum atomic E-state index is -0.109. The molecule has 0 radical (unpaired) electrons. The van der Waals surface area contributed by atoms with E-state index in [1.807, 2.05) is 4.90 Å². The lowest BCUT2D eigenvalue weighted by Gasteiger charge is -2.35. The van der Waals surface area contributed by atoms with E-state index in [9.17, 15) is 4.79 Å². The zero-order valence-corrected chi connectivity index (χ0v) is 12.6. The lowest BCUT2D eigenvalue weighted by Crippen LogP contribution is -2.44. The number of hydrogen-bond acceptors (Lipinski definition) is 1. The van der Waals surface area contributed by atoms with Crippen molar-refractivity contribution in [3.8, 4) is 0 Å². The summed E-state index contributed by atoms with van der Waals surface area (Å²) in [6.45, 7) is 5.91. The predicted octanol–water partition coefficient (Wildman–Crippen LogP) is 4.50. The van der Waals surface area contributed by atoms with Crippen molar-refractivity contribution in [3.05, 3.63) is 28.2 Å². The molecule has 1 aromatic rings. The van der Waals surface area contributed by atoms with E-state index in [1.165, 1.54) is 6.42 Å². The molecular formula is C14H18Cl2N2O. The van der Waals surface area contributed by atoms with E-state index < -0.39 is 0 Å². The van der Waals surface area contributed by atoms with E-state index in [4.69, 9.17) is 23.2 Å². The van der Waals surface area contributed by atoms with Crippen molar-refractivity contribution in [2.24, 2.45) is 11.8 Å². The topological polar surface area (TPSA) is 32.3 Å². The fraction of sp³-hybridized carbons (Fsp3) is 0.500. The fourth-order valence-electron chi connectivity index (χ4n) is 2.62. The second kappa shape index (κ2) is 6.02. The summed E-state index contributed by atoms with van der Waals surface area (Å²) in [7, 11) is 0. The number of nitrogens with one attached hydrogen (secondary N) is 1. The molecule has 1 aromatic carbocycles. The molecule has 1 aliphatic heterocycles. The standard InChI is InChI=1S/C14H18Cl2N2O/c1-9-5-10(2)8-18(7-9)14(19)17-13-6-11(15)3-4-12(13)16/h3-4,6,9-10H,5,7-8H2,1-2H3,(H,17,19)/t9-,10-/m0/s1. The molecule has 0 bridgehead atoms. The van der Waals surface area contributed by atoms with Gasteiger partial charge in [0.05, 0.1) is 10.7 Å². The van der Waals surface area contributed by atoms with Crippen LogP contribution in [0.5, 0.6) is 0 Å². The summed E-state index contributed by atoms with van der Waals surface area (Å²) in [6.07, 6.45) is 1.17. The molecule has 19 heavy (non-hydrogen) atoms. The molecule has 0 spiro atoms. The van der Waals surface area contributed by atoms with Crippen molar-refractivity contribution >= 4 is 34.9 Å². The maximum Gasteiger partial charge on any atom is 0.321 e. The Morgan fingerprint density at radius 1 is 1.26 bits per heavy atom. The van der Waals surface area contributed by atoms with Crippen LogP contribution < -0.4 is 5.32 Å². The first-order valence-electron chi connectivity index (χ1n) is 6.46. The zero-order valence-electron chi connectivity index (χ0n) is 11.1. The van der Waals surface area contributed by atoms with Gasteiger partial charge in [-0.3, -0.25) is 0 Å². The van der Waals surface area contributed by atoms with Crippen LogP contribution in [-0.2, 0) is 0 Å². The quantitative estimate of drug-likeness (QED) is 0.813. The summed E-state index contributed by atoms with van der Waals surface area (Å²) in [5.41, 5.74) is 0.560. The number of likely N-dealkylation sites (tertiary alicyclic amines) is 1. The Balaban J connectivity index is 2.06. The highest BCUT2D eigenvalue weighted by Crippen LogP contribution is 2.27. The number of hydrogen-bond donors (Lipinski definition) is 1. The average molecular weight is 301 g/mol.